The molecule has 1 fully saturated rings. The van der Waals surface area contributed by atoms with Gasteiger partial charge in [0.15, 0.2) is 0 Å². The fraction of sp³-hybridized carbons (Fsp3) is 0.833. The molecule has 1 rings (SSSR count). The van der Waals surface area contributed by atoms with E-state index in [-0.39, 0.29) is 12.1 Å². The maximum absolute atomic E-state index is 11.5. The number of aliphatic carboxylic acids is 1. The molecule has 1 aliphatic rings. The van der Waals surface area contributed by atoms with Crippen molar-refractivity contribution in [2.75, 3.05) is 0 Å². The first kappa shape index (κ1) is 13.8. The van der Waals surface area contributed by atoms with Crippen LogP contribution in [0, 0.1) is 5.92 Å². The first-order valence-corrected chi connectivity index (χ1v) is 6.32. The van der Waals surface area contributed by atoms with Crippen molar-refractivity contribution in [3.8, 4) is 0 Å². The summed E-state index contributed by atoms with van der Waals surface area (Å²) >= 11 is 0. The normalized spacial score (nSPS) is 24.6. The number of carbonyl (C=O) groups is 2. The topological polar surface area (TPSA) is 78.4 Å². The second-order valence-electron chi connectivity index (χ2n) is 4.92. The van der Waals surface area contributed by atoms with Crippen molar-refractivity contribution in [3.63, 3.8) is 0 Å². The van der Waals surface area contributed by atoms with Crippen LogP contribution >= 0.6 is 0 Å². The zero-order valence-corrected chi connectivity index (χ0v) is 10.5. The van der Waals surface area contributed by atoms with Crippen molar-refractivity contribution in [1.29, 1.82) is 0 Å². The predicted molar refractivity (Wildman–Crippen MR) is 64.8 cm³/mol. The Morgan fingerprint density at radius 1 is 1.41 bits per heavy atom. The molecule has 5 heteroatoms. The van der Waals surface area contributed by atoms with Gasteiger partial charge in [-0.15, -0.1) is 0 Å². The number of hydrogen-bond donors (Lipinski definition) is 3. The summed E-state index contributed by atoms with van der Waals surface area (Å²) < 4.78 is 0. The van der Waals surface area contributed by atoms with Crippen LogP contribution in [0.2, 0.25) is 0 Å². The molecule has 1 saturated carbocycles. The van der Waals surface area contributed by atoms with E-state index in [1.807, 2.05) is 6.92 Å². The second-order valence-corrected chi connectivity index (χ2v) is 4.92. The molecule has 1 aliphatic carbocycles. The van der Waals surface area contributed by atoms with Gasteiger partial charge in [0.2, 0.25) is 0 Å². The van der Waals surface area contributed by atoms with Gasteiger partial charge in [0, 0.05) is 6.04 Å². The molecule has 0 bridgehead atoms. The molecule has 3 N–H and O–H groups in total. The number of carboxylic acid groups (broad SMARTS) is 1. The summed E-state index contributed by atoms with van der Waals surface area (Å²) in [6.07, 6.45) is 4.19. The number of nitrogens with one attached hydrogen (secondary N) is 2. The molecule has 1 unspecified atom stereocenters. The molecule has 98 valence electrons. The van der Waals surface area contributed by atoms with Gasteiger partial charge in [-0.1, -0.05) is 26.7 Å². The largest absolute Gasteiger partial charge is 0.480 e. The second kappa shape index (κ2) is 6.47. The zero-order valence-electron chi connectivity index (χ0n) is 10.5. The van der Waals surface area contributed by atoms with E-state index in [4.69, 9.17) is 5.11 Å². The lowest BCUT2D eigenvalue weighted by Crippen LogP contribution is -2.52. The fourth-order valence-corrected chi connectivity index (χ4v) is 2.07. The summed E-state index contributed by atoms with van der Waals surface area (Å²) in [6, 6.07) is -0.913. The monoisotopic (exact) mass is 242 g/mol. The van der Waals surface area contributed by atoms with Gasteiger partial charge >= 0.3 is 12.0 Å². The summed E-state index contributed by atoms with van der Waals surface area (Å²) in [5.41, 5.74) is 0. The number of rotatable bonds is 6. The van der Waals surface area contributed by atoms with Crippen LogP contribution in [-0.2, 0) is 4.79 Å². The Bertz CT molecular complexity index is 275. The van der Waals surface area contributed by atoms with Crippen LogP contribution in [0.3, 0.4) is 0 Å². The van der Waals surface area contributed by atoms with Crippen molar-refractivity contribution in [1.82, 2.24) is 10.6 Å². The smallest absolute Gasteiger partial charge is 0.326 e. The number of carboxylic acids is 1. The Kier molecular flexibility index (Phi) is 5.25. The van der Waals surface area contributed by atoms with Gasteiger partial charge in [-0.2, -0.15) is 0 Å². The highest BCUT2D eigenvalue weighted by Crippen LogP contribution is 2.25. The van der Waals surface area contributed by atoms with E-state index >= 15 is 0 Å². The molecule has 5 nitrogen and oxygen atoms in total. The van der Waals surface area contributed by atoms with E-state index in [1.165, 1.54) is 0 Å². The van der Waals surface area contributed by atoms with E-state index in [0.29, 0.717) is 12.3 Å². The van der Waals surface area contributed by atoms with Crippen molar-refractivity contribution < 1.29 is 14.7 Å². The molecule has 0 aromatic carbocycles. The van der Waals surface area contributed by atoms with Gasteiger partial charge < -0.3 is 15.7 Å². The summed E-state index contributed by atoms with van der Waals surface area (Å²) in [7, 11) is 0. The van der Waals surface area contributed by atoms with Crippen LogP contribution in [0.25, 0.3) is 0 Å². The molecule has 1 atom stereocenters. The summed E-state index contributed by atoms with van der Waals surface area (Å²) in [4.78, 5) is 22.5. The van der Waals surface area contributed by atoms with Crippen LogP contribution in [0.5, 0.6) is 0 Å². The van der Waals surface area contributed by atoms with Crippen LogP contribution in [0.4, 0.5) is 4.79 Å². The number of carbonyl (C=O) groups excluding carboxylic acids is 1. The molecule has 0 radical (unpaired) electrons. The Morgan fingerprint density at radius 2 is 2.06 bits per heavy atom. The summed E-state index contributed by atoms with van der Waals surface area (Å²) in [5.74, 6) is -0.300. The maximum atomic E-state index is 11.5. The van der Waals surface area contributed by atoms with Gasteiger partial charge in [0.25, 0.3) is 0 Å². The predicted octanol–water partition coefficient (Wildman–Crippen LogP) is 1.73. The van der Waals surface area contributed by atoms with Crippen LogP contribution in [0.15, 0.2) is 0 Å². The summed E-state index contributed by atoms with van der Waals surface area (Å²) in [5, 5.41) is 14.3. The van der Waals surface area contributed by atoms with E-state index < -0.39 is 12.0 Å². The minimum atomic E-state index is -0.962. The number of hydrogen-bond acceptors (Lipinski definition) is 2. The summed E-state index contributed by atoms with van der Waals surface area (Å²) in [6.45, 7) is 4.13. The van der Waals surface area contributed by atoms with Gasteiger partial charge in [0.1, 0.15) is 6.04 Å². The molecular weight excluding hydrogens is 220 g/mol. The average Bonchev–Trinajstić information content (AvgIpc) is 2.21. The minimum absolute atomic E-state index is 0.214. The number of amides is 2. The van der Waals surface area contributed by atoms with Crippen LogP contribution < -0.4 is 10.6 Å². The first-order chi connectivity index (χ1) is 8.02. The lowest BCUT2D eigenvalue weighted by molar-refractivity contribution is -0.139. The Hall–Kier alpha value is -1.26. The van der Waals surface area contributed by atoms with Crippen molar-refractivity contribution >= 4 is 12.0 Å². The first-order valence-electron chi connectivity index (χ1n) is 6.32. The molecule has 0 aromatic rings. The van der Waals surface area contributed by atoms with E-state index in [0.717, 1.165) is 25.7 Å². The highest BCUT2D eigenvalue weighted by molar-refractivity contribution is 5.82. The lowest BCUT2D eigenvalue weighted by Gasteiger charge is -2.33. The Morgan fingerprint density at radius 3 is 2.53 bits per heavy atom. The lowest BCUT2D eigenvalue weighted by atomic mass is 9.82. The van der Waals surface area contributed by atoms with E-state index in [9.17, 15) is 9.59 Å². The molecule has 0 heterocycles. The zero-order chi connectivity index (χ0) is 12.8. The van der Waals surface area contributed by atoms with Crippen LogP contribution in [-0.4, -0.2) is 29.2 Å². The van der Waals surface area contributed by atoms with Gasteiger partial charge in [-0.05, 0) is 25.2 Å². The van der Waals surface area contributed by atoms with E-state index in [2.05, 4.69) is 17.6 Å². The van der Waals surface area contributed by atoms with Gasteiger partial charge in [-0.25, -0.2) is 9.59 Å². The maximum Gasteiger partial charge on any atom is 0.326 e. The van der Waals surface area contributed by atoms with Crippen molar-refractivity contribution in [2.24, 2.45) is 5.92 Å². The van der Waals surface area contributed by atoms with Gasteiger partial charge in [-0.3, -0.25) is 0 Å². The minimum Gasteiger partial charge on any atom is -0.480 e. The molecule has 2 amide bonds. The average molecular weight is 242 g/mol. The standard InChI is InChI=1S/C12H22N2O3/c1-3-4-5-10(11(15)16)14-12(17)13-9-6-8(2)7-9/h8-10H,3-7H2,1-2H3,(H,15,16)(H2,13,14,17). The Labute approximate surface area is 102 Å². The Balaban J connectivity index is 2.28. The van der Waals surface area contributed by atoms with Crippen LogP contribution in [0.1, 0.15) is 46.0 Å². The molecule has 0 spiro atoms. The van der Waals surface area contributed by atoms with E-state index in [1.54, 1.807) is 0 Å². The molecular formula is C12H22N2O3. The molecule has 0 aliphatic heterocycles. The molecule has 17 heavy (non-hydrogen) atoms. The van der Waals surface area contributed by atoms with Crippen molar-refractivity contribution in [2.45, 2.75) is 58.0 Å². The van der Waals surface area contributed by atoms with Gasteiger partial charge in [0.05, 0.1) is 0 Å². The molecule has 0 saturated heterocycles. The number of unbranched alkanes of at least 4 members (excludes halogenated alkanes) is 1. The molecule has 0 aromatic heterocycles. The quantitative estimate of drug-likeness (QED) is 0.663. The highest BCUT2D eigenvalue weighted by atomic mass is 16.4. The fourth-order valence-electron chi connectivity index (χ4n) is 2.07. The highest BCUT2D eigenvalue weighted by Gasteiger charge is 2.28. The third-order valence-electron chi connectivity index (χ3n) is 3.16. The number of urea groups is 1. The van der Waals surface area contributed by atoms with Crippen molar-refractivity contribution in [3.05, 3.63) is 0 Å². The third kappa shape index (κ3) is 4.63. The third-order valence-corrected chi connectivity index (χ3v) is 3.16. The SMILES string of the molecule is CCCCC(NC(=O)NC1CC(C)C1)C(=O)O.